The Morgan fingerprint density at radius 1 is 1.39 bits per heavy atom. The molecule has 0 aromatic heterocycles. The number of fused-ring (bicyclic) bond motifs is 1. The molecule has 0 radical (unpaired) electrons. The van der Waals surface area contributed by atoms with Crippen LogP contribution in [0, 0.1) is 40.4 Å². The van der Waals surface area contributed by atoms with Crippen LogP contribution in [0.2, 0.25) is 0 Å². The minimum absolute atomic E-state index is 0.00936. The molecule has 2 N–H and O–H groups in total. The first-order chi connectivity index (χ1) is 12.9. The van der Waals surface area contributed by atoms with Crippen molar-refractivity contribution >= 4 is 15.9 Å². The van der Waals surface area contributed by atoms with Crippen molar-refractivity contribution in [3.8, 4) is 6.07 Å². The third kappa shape index (κ3) is 4.87. The summed E-state index contributed by atoms with van der Waals surface area (Å²) >= 11 is 0. The van der Waals surface area contributed by atoms with E-state index in [0.29, 0.717) is 13.0 Å². The molecule has 2 fully saturated rings. The molecule has 0 aromatic rings. The molecule has 7 atom stereocenters. The first kappa shape index (κ1) is 23.1. The van der Waals surface area contributed by atoms with Crippen LogP contribution in [-0.2, 0) is 14.8 Å². The van der Waals surface area contributed by atoms with E-state index in [0.717, 1.165) is 25.7 Å². The van der Waals surface area contributed by atoms with Crippen LogP contribution in [0.15, 0.2) is 0 Å². The van der Waals surface area contributed by atoms with Crippen LogP contribution in [0.1, 0.15) is 52.9 Å². The maximum atomic E-state index is 12.8. The van der Waals surface area contributed by atoms with Crippen LogP contribution in [0.5, 0.6) is 0 Å². The summed E-state index contributed by atoms with van der Waals surface area (Å²) in [4.78, 5) is 14.4. The summed E-state index contributed by atoms with van der Waals surface area (Å²) in [6.45, 7) is 6.46. The lowest BCUT2D eigenvalue weighted by atomic mass is 9.52. The van der Waals surface area contributed by atoms with Crippen molar-refractivity contribution in [2.75, 3.05) is 19.8 Å². The lowest BCUT2D eigenvalue weighted by Gasteiger charge is -2.56. The van der Waals surface area contributed by atoms with Gasteiger partial charge in [0.25, 0.3) is 0 Å². The zero-order valence-electron chi connectivity index (χ0n) is 17.7. The number of carbonyl (C=O) groups excluding carboxylic acids is 1. The SMILES string of the molecule is C[C@H]1[C@@H]2[C@@H](O)[C@H]([C@H](C)C(=O)N(C)CCC#N)CC[C@@]2(C)CC[C@@H]1NS(C)(=O)=O. The Kier molecular flexibility index (Phi) is 7.17. The second kappa shape index (κ2) is 8.68. The largest absolute Gasteiger partial charge is 0.392 e. The van der Waals surface area contributed by atoms with E-state index in [9.17, 15) is 18.3 Å². The Balaban J connectivity index is 2.18. The van der Waals surface area contributed by atoms with Gasteiger partial charge in [0, 0.05) is 25.6 Å². The molecule has 7 nitrogen and oxygen atoms in total. The summed E-state index contributed by atoms with van der Waals surface area (Å²) < 4.78 is 26.2. The van der Waals surface area contributed by atoms with Crippen molar-refractivity contribution in [1.82, 2.24) is 9.62 Å². The van der Waals surface area contributed by atoms with Crippen LogP contribution in [0.3, 0.4) is 0 Å². The number of hydrogen-bond acceptors (Lipinski definition) is 5. The van der Waals surface area contributed by atoms with Gasteiger partial charge in [0.15, 0.2) is 0 Å². The Morgan fingerprint density at radius 3 is 2.57 bits per heavy atom. The highest BCUT2D eigenvalue weighted by Gasteiger charge is 2.54. The number of rotatable bonds is 6. The highest BCUT2D eigenvalue weighted by atomic mass is 32.2. The van der Waals surface area contributed by atoms with E-state index in [-0.39, 0.29) is 41.0 Å². The number of hydrogen-bond donors (Lipinski definition) is 2. The first-order valence-corrected chi connectivity index (χ1v) is 12.1. The Hall–Kier alpha value is -1.17. The topological polar surface area (TPSA) is 110 Å². The van der Waals surface area contributed by atoms with E-state index >= 15 is 0 Å². The number of nitrogens with zero attached hydrogens (tertiary/aromatic N) is 2. The fourth-order valence-corrected chi connectivity index (χ4v) is 6.48. The van der Waals surface area contributed by atoms with Crippen molar-refractivity contribution in [1.29, 1.82) is 5.26 Å². The maximum absolute atomic E-state index is 12.8. The Bertz CT molecular complexity index is 719. The van der Waals surface area contributed by atoms with Crippen LogP contribution < -0.4 is 4.72 Å². The number of carbonyl (C=O) groups is 1. The Morgan fingerprint density at radius 2 is 2.00 bits per heavy atom. The van der Waals surface area contributed by atoms with Crippen LogP contribution >= 0.6 is 0 Å². The number of nitriles is 1. The maximum Gasteiger partial charge on any atom is 0.225 e. The smallest absolute Gasteiger partial charge is 0.225 e. The van der Waals surface area contributed by atoms with Gasteiger partial charge in [-0.25, -0.2) is 13.1 Å². The van der Waals surface area contributed by atoms with E-state index in [1.54, 1.807) is 11.9 Å². The third-order valence-corrected chi connectivity index (χ3v) is 7.95. The molecule has 160 valence electrons. The van der Waals surface area contributed by atoms with Gasteiger partial charge < -0.3 is 10.0 Å². The summed E-state index contributed by atoms with van der Waals surface area (Å²) in [7, 11) is -1.61. The molecule has 28 heavy (non-hydrogen) atoms. The Labute approximate surface area is 169 Å². The average Bonchev–Trinajstić information content (AvgIpc) is 2.60. The summed E-state index contributed by atoms with van der Waals surface area (Å²) in [6, 6.07) is 1.86. The van der Waals surface area contributed by atoms with E-state index < -0.39 is 16.1 Å². The lowest BCUT2D eigenvalue weighted by Crippen LogP contribution is -2.58. The molecule has 0 aliphatic heterocycles. The highest BCUT2D eigenvalue weighted by molar-refractivity contribution is 7.88. The molecule has 0 aromatic carbocycles. The third-order valence-electron chi connectivity index (χ3n) is 7.22. The minimum atomic E-state index is -3.31. The molecule has 0 bridgehead atoms. The molecule has 0 unspecified atom stereocenters. The molecule has 0 saturated heterocycles. The van der Waals surface area contributed by atoms with E-state index in [2.05, 4.69) is 17.7 Å². The monoisotopic (exact) mass is 413 g/mol. The standard InChI is InChI=1S/C20H35N3O4S/c1-13(19(25)23(4)12-6-11-21)15-7-9-20(3)10-8-16(22-28(5,26)27)14(2)17(20)18(15)24/h13-18,22,24H,6-10,12H2,1-5H3/t13-,14+,15-,16-,17+,18-,20-/m0/s1. The number of aliphatic hydroxyl groups excluding tert-OH is 1. The molecule has 0 heterocycles. The van der Waals surface area contributed by atoms with Crippen LogP contribution in [-0.4, -0.2) is 56.3 Å². The first-order valence-electron chi connectivity index (χ1n) is 10.2. The molecule has 8 heteroatoms. The average molecular weight is 414 g/mol. The van der Waals surface area contributed by atoms with Crippen LogP contribution in [0.4, 0.5) is 0 Å². The van der Waals surface area contributed by atoms with Crippen molar-refractivity contribution in [2.45, 2.75) is 65.0 Å². The second-order valence-corrected chi connectivity index (χ2v) is 11.0. The van der Waals surface area contributed by atoms with Gasteiger partial charge >= 0.3 is 0 Å². The predicted octanol–water partition coefficient (Wildman–Crippen LogP) is 1.74. The quantitative estimate of drug-likeness (QED) is 0.689. The molecule has 1 amide bonds. The van der Waals surface area contributed by atoms with Crippen molar-refractivity contribution in [3.63, 3.8) is 0 Å². The van der Waals surface area contributed by atoms with Gasteiger partial charge in [-0.3, -0.25) is 4.79 Å². The second-order valence-electron chi connectivity index (χ2n) is 9.22. The zero-order chi connectivity index (χ0) is 21.3. The predicted molar refractivity (Wildman–Crippen MR) is 108 cm³/mol. The summed E-state index contributed by atoms with van der Waals surface area (Å²) in [5.41, 5.74) is -0.0412. The summed E-state index contributed by atoms with van der Waals surface area (Å²) in [5, 5.41) is 20.0. The van der Waals surface area contributed by atoms with Gasteiger partial charge in [0.2, 0.25) is 15.9 Å². The van der Waals surface area contributed by atoms with E-state index in [1.165, 1.54) is 6.26 Å². The highest BCUT2D eigenvalue weighted by Crippen LogP contribution is 2.55. The molecular weight excluding hydrogens is 378 g/mol. The number of nitrogens with one attached hydrogen (secondary N) is 1. The summed E-state index contributed by atoms with van der Waals surface area (Å²) in [5.74, 6) is -0.603. The molecule has 2 rings (SSSR count). The van der Waals surface area contributed by atoms with Gasteiger partial charge in [0.1, 0.15) is 0 Å². The van der Waals surface area contributed by atoms with Gasteiger partial charge in [-0.2, -0.15) is 5.26 Å². The fraction of sp³-hybridized carbons (Fsp3) is 0.900. The number of amides is 1. The van der Waals surface area contributed by atoms with Crippen molar-refractivity contribution < 1.29 is 18.3 Å². The van der Waals surface area contributed by atoms with Gasteiger partial charge in [-0.05, 0) is 48.9 Å². The van der Waals surface area contributed by atoms with E-state index in [4.69, 9.17) is 5.26 Å². The molecule has 0 spiro atoms. The zero-order valence-corrected chi connectivity index (χ0v) is 18.5. The number of sulfonamides is 1. The van der Waals surface area contributed by atoms with Gasteiger partial charge in [0.05, 0.1) is 24.8 Å². The fourth-order valence-electron chi connectivity index (χ4n) is 5.59. The van der Waals surface area contributed by atoms with Gasteiger partial charge in [-0.1, -0.05) is 20.8 Å². The van der Waals surface area contributed by atoms with Crippen molar-refractivity contribution in [3.05, 3.63) is 0 Å². The molecule has 2 aliphatic rings. The minimum Gasteiger partial charge on any atom is -0.392 e. The van der Waals surface area contributed by atoms with Crippen molar-refractivity contribution in [2.24, 2.45) is 29.1 Å². The molecule has 2 saturated carbocycles. The number of aliphatic hydroxyl groups is 1. The van der Waals surface area contributed by atoms with Crippen LogP contribution in [0.25, 0.3) is 0 Å². The summed E-state index contributed by atoms with van der Waals surface area (Å²) in [6.07, 6.45) is 4.15. The lowest BCUT2D eigenvalue weighted by molar-refractivity contribution is -0.148. The van der Waals surface area contributed by atoms with E-state index in [1.807, 2.05) is 13.8 Å². The molecule has 2 aliphatic carbocycles. The molecular formula is C20H35N3O4S. The normalized spacial score (nSPS) is 36.8. The van der Waals surface area contributed by atoms with Gasteiger partial charge in [-0.15, -0.1) is 0 Å².